The second-order valence-corrected chi connectivity index (χ2v) is 14.1. The normalized spacial score (nSPS) is 18.3. The molecule has 0 aromatic carbocycles. The molecule has 2 aliphatic heterocycles. The first-order valence-electron chi connectivity index (χ1n) is 17.9. The molecular weight excluding hydrogens is 682 g/mol. The van der Waals surface area contributed by atoms with E-state index in [2.05, 4.69) is 35.6 Å². The molecule has 17 nitrogen and oxygen atoms in total. The molecule has 17 heteroatoms. The Morgan fingerprint density at radius 1 is 0.792 bits per heavy atom. The van der Waals surface area contributed by atoms with Crippen LogP contribution in [0.2, 0.25) is 0 Å². The molecule has 0 radical (unpaired) electrons. The van der Waals surface area contributed by atoms with Crippen molar-refractivity contribution in [3.63, 3.8) is 0 Å². The van der Waals surface area contributed by atoms with Gasteiger partial charge in [0.2, 0.25) is 11.8 Å². The number of hydrogen-bond acceptors (Lipinski definition) is 10. The van der Waals surface area contributed by atoms with Crippen molar-refractivity contribution in [3.05, 3.63) is 54.6 Å². The molecule has 4 aromatic rings. The molecule has 4 N–H and O–H groups in total. The Labute approximate surface area is 307 Å². The predicted molar refractivity (Wildman–Crippen MR) is 192 cm³/mol. The Morgan fingerprint density at radius 2 is 1.45 bits per heavy atom. The third-order valence-electron chi connectivity index (χ3n) is 9.87. The van der Waals surface area contributed by atoms with Gasteiger partial charge in [0.25, 0.3) is 0 Å². The number of aromatic amines is 2. The van der Waals surface area contributed by atoms with Gasteiger partial charge in [-0.1, -0.05) is 27.7 Å². The first-order chi connectivity index (χ1) is 25.5. The number of nitrogens with zero attached hydrogens (tertiary/aromatic N) is 7. The van der Waals surface area contributed by atoms with E-state index in [1.165, 1.54) is 14.2 Å². The van der Waals surface area contributed by atoms with E-state index in [4.69, 9.17) is 14.6 Å². The third-order valence-corrected chi connectivity index (χ3v) is 9.87. The van der Waals surface area contributed by atoms with Gasteiger partial charge in [0.1, 0.15) is 29.4 Å². The van der Waals surface area contributed by atoms with Gasteiger partial charge in [0.15, 0.2) is 5.82 Å². The molecule has 0 saturated carbocycles. The van der Waals surface area contributed by atoms with Crippen LogP contribution in [-0.2, 0) is 19.1 Å². The molecule has 2 aliphatic rings. The van der Waals surface area contributed by atoms with Crippen LogP contribution in [-0.4, -0.2) is 114 Å². The average molecular weight is 730 g/mol. The van der Waals surface area contributed by atoms with Crippen LogP contribution in [0.3, 0.4) is 0 Å². The summed E-state index contributed by atoms with van der Waals surface area (Å²) in [5, 5.41) is 10.1. The largest absolute Gasteiger partial charge is 0.453 e. The van der Waals surface area contributed by atoms with Crippen molar-refractivity contribution in [2.75, 3.05) is 33.9 Å². The number of hydrogen-bond donors (Lipinski definition) is 4. The number of H-pyrrole nitrogens is 2. The smallest absolute Gasteiger partial charge is 0.407 e. The molecule has 0 aliphatic carbocycles. The summed E-state index contributed by atoms with van der Waals surface area (Å²) in [6.45, 7) is 9.18. The quantitative estimate of drug-likeness (QED) is 0.176. The highest BCUT2D eigenvalue weighted by Crippen LogP contribution is 2.33. The number of alkyl carbamates (subject to hydrolysis) is 2. The molecule has 4 amide bonds. The minimum atomic E-state index is -0.709. The lowest BCUT2D eigenvalue weighted by molar-refractivity contribution is -0.135. The maximum absolute atomic E-state index is 13.5. The van der Waals surface area contributed by atoms with E-state index < -0.39 is 24.3 Å². The number of aromatic nitrogens is 7. The van der Waals surface area contributed by atoms with Crippen molar-refractivity contribution in [2.24, 2.45) is 11.8 Å². The molecule has 53 heavy (non-hydrogen) atoms. The molecule has 0 bridgehead atoms. The molecule has 2 fully saturated rings. The van der Waals surface area contributed by atoms with Gasteiger partial charge >= 0.3 is 12.2 Å². The Hall–Kier alpha value is -5.74. The third kappa shape index (κ3) is 8.03. The maximum atomic E-state index is 13.5. The van der Waals surface area contributed by atoms with Crippen LogP contribution in [0.1, 0.15) is 70.6 Å². The summed E-state index contributed by atoms with van der Waals surface area (Å²) < 4.78 is 11.1. The highest BCUT2D eigenvalue weighted by molar-refractivity contribution is 5.87. The molecule has 6 rings (SSSR count). The first kappa shape index (κ1) is 37.0. The van der Waals surface area contributed by atoms with Crippen LogP contribution >= 0.6 is 0 Å². The van der Waals surface area contributed by atoms with Crippen molar-refractivity contribution < 1.29 is 28.7 Å². The zero-order valence-electron chi connectivity index (χ0n) is 30.8. The van der Waals surface area contributed by atoms with E-state index in [1.807, 2.05) is 52.1 Å². The van der Waals surface area contributed by atoms with Crippen LogP contribution < -0.4 is 10.6 Å². The van der Waals surface area contributed by atoms with Gasteiger partial charge in [-0.15, -0.1) is 0 Å². The topological polar surface area (TPSA) is 205 Å². The Kier molecular flexibility index (Phi) is 11.1. The maximum Gasteiger partial charge on any atom is 0.407 e. The van der Waals surface area contributed by atoms with Gasteiger partial charge < -0.3 is 39.9 Å². The van der Waals surface area contributed by atoms with Crippen molar-refractivity contribution in [1.82, 2.24) is 55.1 Å². The number of pyridine rings is 1. The highest BCUT2D eigenvalue weighted by atomic mass is 16.5. The number of methoxy groups -OCH3 is 2. The zero-order chi connectivity index (χ0) is 37.8. The molecule has 282 valence electrons. The lowest BCUT2D eigenvalue weighted by Gasteiger charge is -2.29. The number of nitrogens with one attached hydrogen (secondary N) is 4. The Balaban J connectivity index is 1.08. The fourth-order valence-electron chi connectivity index (χ4n) is 6.88. The number of ether oxygens (including phenoxy) is 2. The summed E-state index contributed by atoms with van der Waals surface area (Å²) in [7, 11) is 2.56. The summed E-state index contributed by atoms with van der Waals surface area (Å²) >= 11 is 0. The van der Waals surface area contributed by atoms with Gasteiger partial charge in [-0.25, -0.2) is 29.2 Å². The summed E-state index contributed by atoms with van der Waals surface area (Å²) in [6, 6.07) is 4.06. The van der Waals surface area contributed by atoms with Gasteiger partial charge in [-0.2, -0.15) is 5.10 Å². The van der Waals surface area contributed by atoms with Crippen LogP contribution in [0.25, 0.3) is 28.5 Å². The molecule has 0 unspecified atom stereocenters. The molecule has 2 saturated heterocycles. The molecule has 0 spiro atoms. The monoisotopic (exact) mass is 729 g/mol. The van der Waals surface area contributed by atoms with Gasteiger partial charge in [-0.3, -0.25) is 9.59 Å². The first-order valence-corrected chi connectivity index (χ1v) is 17.9. The number of carbonyl (C=O) groups excluding carboxylic acids is 4. The predicted octanol–water partition coefficient (Wildman–Crippen LogP) is 3.79. The van der Waals surface area contributed by atoms with E-state index in [1.54, 1.807) is 33.1 Å². The lowest BCUT2D eigenvalue weighted by Crippen LogP contribution is -2.51. The number of imidazole rings is 2. The van der Waals surface area contributed by atoms with Crippen molar-refractivity contribution in [2.45, 2.75) is 71.0 Å². The van der Waals surface area contributed by atoms with Gasteiger partial charge in [0.05, 0.1) is 44.0 Å². The number of likely N-dealkylation sites (tertiary alicyclic amines) is 2. The van der Waals surface area contributed by atoms with E-state index in [0.29, 0.717) is 42.7 Å². The number of carbonyl (C=O) groups is 4. The van der Waals surface area contributed by atoms with Crippen molar-refractivity contribution in [3.8, 4) is 28.5 Å². The molecule has 4 atom stereocenters. The second kappa shape index (κ2) is 15.9. The standard InChI is InChI=1S/C36H47N11O6/c1-20(2)29(42-35(50)52-5)33(48)45-14-11-23(19-45)31-38-17-25(40-31)22-9-10-28(37-16-22)47-15-12-24(44-47)26-18-39-32(41-26)27-8-7-13-46(27)34(49)30(21(3)4)43-36(51)53-6/h9-10,12,15-18,20-21,23,27,29-30H,7-8,11,13-14,19H2,1-6H3,(H,38,40)(H,39,41)(H,42,50)(H,43,51)/t23-,27-,29-,30-/m0/s1. The second-order valence-electron chi connectivity index (χ2n) is 14.1. The van der Waals surface area contributed by atoms with E-state index in [-0.39, 0.29) is 35.6 Å². The van der Waals surface area contributed by atoms with Crippen molar-refractivity contribution >= 4 is 24.0 Å². The van der Waals surface area contributed by atoms with Gasteiger partial charge in [0, 0.05) is 43.5 Å². The Morgan fingerprint density at radius 3 is 2.11 bits per heavy atom. The summed E-state index contributed by atoms with van der Waals surface area (Å²) in [4.78, 5) is 74.6. The fourth-order valence-corrected chi connectivity index (χ4v) is 6.88. The summed E-state index contributed by atoms with van der Waals surface area (Å²) in [6.07, 6.45) is 8.11. The molecular formula is C36H47N11O6. The summed E-state index contributed by atoms with van der Waals surface area (Å²) in [5.74, 6) is 1.60. The van der Waals surface area contributed by atoms with Crippen LogP contribution in [0.5, 0.6) is 0 Å². The molecule has 4 aromatic heterocycles. The van der Waals surface area contributed by atoms with Crippen molar-refractivity contribution in [1.29, 1.82) is 0 Å². The average Bonchev–Trinajstić information content (AvgIpc) is 4.00. The molecule has 6 heterocycles. The van der Waals surface area contributed by atoms with E-state index in [0.717, 1.165) is 36.3 Å². The lowest BCUT2D eigenvalue weighted by atomic mass is 10.0. The fraction of sp³-hybridized carbons (Fsp3) is 0.500. The minimum Gasteiger partial charge on any atom is -0.453 e. The van der Waals surface area contributed by atoms with Gasteiger partial charge in [-0.05, 0) is 49.3 Å². The Bertz CT molecular complexity index is 1920. The number of amides is 4. The van der Waals surface area contributed by atoms with Crippen LogP contribution in [0.4, 0.5) is 9.59 Å². The number of rotatable bonds is 11. The zero-order valence-corrected chi connectivity index (χ0v) is 30.8. The van der Waals surface area contributed by atoms with Crippen LogP contribution in [0.15, 0.2) is 43.0 Å². The van der Waals surface area contributed by atoms with E-state index in [9.17, 15) is 19.2 Å². The minimum absolute atomic E-state index is 0.0362. The van der Waals surface area contributed by atoms with E-state index >= 15 is 0 Å². The SMILES string of the molecule is COC(=O)N[C@H](C(=O)N1CC[C@H](c2ncc(-c3ccc(-n4ccc(-c5cnc([C@@H]6CCCN6C(=O)[C@@H](NC(=O)OC)C(C)C)[nH]5)n4)nc3)[nH]2)C1)C(C)C. The highest BCUT2D eigenvalue weighted by Gasteiger charge is 2.38. The summed E-state index contributed by atoms with van der Waals surface area (Å²) in [5.41, 5.74) is 3.03. The van der Waals surface area contributed by atoms with Crippen LogP contribution in [0, 0.1) is 11.8 Å².